The summed E-state index contributed by atoms with van der Waals surface area (Å²) in [6, 6.07) is 15.4. The Morgan fingerprint density at radius 3 is 2.43 bits per heavy atom. The molecule has 2 amide bonds. The molecular weight excluding hydrogens is 380 g/mol. The molecule has 1 fully saturated rings. The van der Waals surface area contributed by atoms with Crippen LogP contribution in [0, 0.1) is 11.8 Å². The molecule has 2 aromatic rings. The Balaban J connectivity index is 1.85. The average molecular weight is 411 g/mol. The summed E-state index contributed by atoms with van der Waals surface area (Å²) in [4.78, 5) is 27.6. The van der Waals surface area contributed by atoms with Crippen molar-refractivity contribution in [2.24, 2.45) is 11.8 Å². The van der Waals surface area contributed by atoms with E-state index < -0.39 is 0 Å². The zero-order valence-corrected chi connectivity index (χ0v) is 18.1. The number of likely N-dealkylation sites (tertiary alicyclic amines) is 1. The Morgan fingerprint density at radius 2 is 1.80 bits per heavy atom. The lowest BCUT2D eigenvalue weighted by Crippen LogP contribution is -2.36. The molecule has 0 aromatic heterocycles. The summed E-state index contributed by atoms with van der Waals surface area (Å²) in [5, 5.41) is 3.05. The van der Waals surface area contributed by atoms with Crippen LogP contribution in [0.2, 0.25) is 0 Å². The van der Waals surface area contributed by atoms with E-state index in [4.69, 9.17) is 9.47 Å². The number of methoxy groups -OCH3 is 2. The van der Waals surface area contributed by atoms with Crippen LogP contribution in [-0.4, -0.2) is 44.0 Å². The molecule has 6 nitrogen and oxygen atoms in total. The van der Waals surface area contributed by atoms with E-state index in [1.807, 2.05) is 62.4 Å². The highest BCUT2D eigenvalue weighted by Gasteiger charge is 2.41. The molecule has 6 heteroatoms. The minimum atomic E-state index is -0.348. The Labute approximate surface area is 178 Å². The number of carbonyl (C=O) groups excluding carboxylic acids is 2. The number of rotatable bonds is 7. The Bertz CT molecular complexity index is 882. The normalized spacial score (nSPS) is 18.4. The molecule has 1 aliphatic rings. The molecular formula is C24H30N2O4. The third-order valence-corrected chi connectivity index (χ3v) is 5.61. The fourth-order valence-corrected chi connectivity index (χ4v) is 3.97. The maximum atomic E-state index is 13.1. The van der Waals surface area contributed by atoms with Crippen molar-refractivity contribution < 1.29 is 19.1 Å². The van der Waals surface area contributed by atoms with Gasteiger partial charge in [-0.3, -0.25) is 9.59 Å². The number of hydrogen-bond donors (Lipinski definition) is 1. The molecule has 2 unspecified atom stereocenters. The van der Waals surface area contributed by atoms with Gasteiger partial charge in [0.2, 0.25) is 11.8 Å². The highest BCUT2D eigenvalue weighted by molar-refractivity contribution is 5.84. The monoisotopic (exact) mass is 410 g/mol. The highest BCUT2D eigenvalue weighted by Crippen LogP contribution is 2.39. The molecule has 0 bridgehead atoms. The van der Waals surface area contributed by atoms with E-state index in [1.165, 1.54) is 0 Å². The summed E-state index contributed by atoms with van der Waals surface area (Å²) < 4.78 is 10.9. The third kappa shape index (κ3) is 4.75. The van der Waals surface area contributed by atoms with Gasteiger partial charge in [0, 0.05) is 43.1 Å². The Kier molecular flexibility index (Phi) is 6.98. The molecule has 0 radical (unpaired) electrons. The fraction of sp³-hybridized carbons (Fsp3) is 0.417. The molecule has 30 heavy (non-hydrogen) atoms. The number of benzene rings is 2. The van der Waals surface area contributed by atoms with Gasteiger partial charge in [0.15, 0.2) is 0 Å². The first-order chi connectivity index (χ1) is 14.4. The summed E-state index contributed by atoms with van der Waals surface area (Å²) >= 11 is 0. The molecule has 3 rings (SSSR count). The molecule has 1 saturated heterocycles. The third-order valence-electron chi connectivity index (χ3n) is 5.61. The standard InChI is InChI=1S/C24H30N2O4/c1-16(2)24(28)26-14-20(19-11-10-18(29-3)12-22(19)30-4)21(15-26)23(27)25-13-17-8-6-5-7-9-17/h5-12,16,20-21H,13-15H2,1-4H3,(H,25,27). The fourth-order valence-electron chi connectivity index (χ4n) is 3.97. The molecule has 0 aliphatic carbocycles. The van der Waals surface area contributed by atoms with Crippen molar-refractivity contribution in [3.05, 3.63) is 59.7 Å². The minimum absolute atomic E-state index is 0.0548. The van der Waals surface area contributed by atoms with Crippen LogP contribution in [0.15, 0.2) is 48.5 Å². The second kappa shape index (κ2) is 9.65. The van der Waals surface area contributed by atoms with Gasteiger partial charge in [-0.25, -0.2) is 0 Å². The van der Waals surface area contributed by atoms with Crippen LogP contribution in [0.25, 0.3) is 0 Å². The van der Waals surface area contributed by atoms with E-state index in [2.05, 4.69) is 5.32 Å². The molecule has 2 atom stereocenters. The van der Waals surface area contributed by atoms with Crippen molar-refractivity contribution in [3.8, 4) is 11.5 Å². The first kappa shape index (κ1) is 21.7. The second-order valence-electron chi connectivity index (χ2n) is 7.92. The summed E-state index contributed by atoms with van der Waals surface area (Å²) in [5.41, 5.74) is 1.95. The van der Waals surface area contributed by atoms with Crippen LogP contribution in [0.1, 0.15) is 30.9 Å². The van der Waals surface area contributed by atoms with Crippen LogP contribution in [0.3, 0.4) is 0 Å². The van der Waals surface area contributed by atoms with Gasteiger partial charge in [-0.05, 0) is 11.6 Å². The van der Waals surface area contributed by atoms with E-state index in [1.54, 1.807) is 19.1 Å². The van der Waals surface area contributed by atoms with E-state index in [0.717, 1.165) is 11.1 Å². The van der Waals surface area contributed by atoms with Gasteiger partial charge in [-0.1, -0.05) is 50.2 Å². The average Bonchev–Trinajstić information content (AvgIpc) is 3.22. The first-order valence-electron chi connectivity index (χ1n) is 10.3. The van der Waals surface area contributed by atoms with Crippen molar-refractivity contribution in [2.75, 3.05) is 27.3 Å². The van der Waals surface area contributed by atoms with Crippen LogP contribution in [0.4, 0.5) is 0 Å². The van der Waals surface area contributed by atoms with Crippen LogP contribution in [0.5, 0.6) is 11.5 Å². The maximum absolute atomic E-state index is 13.1. The molecule has 1 aliphatic heterocycles. The smallest absolute Gasteiger partial charge is 0.225 e. The predicted molar refractivity (Wildman–Crippen MR) is 115 cm³/mol. The zero-order valence-electron chi connectivity index (χ0n) is 18.1. The minimum Gasteiger partial charge on any atom is -0.497 e. The zero-order chi connectivity index (χ0) is 21.7. The van der Waals surface area contributed by atoms with Crippen molar-refractivity contribution >= 4 is 11.8 Å². The van der Waals surface area contributed by atoms with E-state index in [9.17, 15) is 9.59 Å². The summed E-state index contributed by atoms with van der Waals surface area (Å²) in [6.45, 7) is 5.11. The molecule has 1 heterocycles. The SMILES string of the molecule is COc1ccc(C2CN(C(=O)C(C)C)CC2C(=O)NCc2ccccc2)c(OC)c1. The Morgan fingerprint density at radius 1 is 1.07 bits per heavy atom. The van der Waals surface area contributed by atoms with Crippen LogP contribution < -0.4 is 14.8 Å². The molecule has 2 aromatic carbocycles. The van der Waals surface area contributed by atoms with Crippen molar-refractivity contribution in [1.29, 1.82) is 0 Å². The largest absolute Gasteiger partial charge is 0.497 e. The number of carbonyl (C=O) groups is 2. The molecule has 160 valence electrons. The van der Waals surface area contributed by atoms with Gasteiger partial charge in [0.05, 0.1) is 20.1 Å². The molecule has 0 saturated carbocycles. The first-order valence-corrected chi connectivity index (χ1v) is 10.3. The topological polar surface area (TPSA) is 67.9 Å². The summed E-state index contributed by atoms with van der Waals surface area (Å²) in [7, 11) is 3.21. The van der Waals surface area contributed by atoms with Gasteiger partial charge >= 0.3 is 0 Å². The van der Waals surface area contributed by atoms with Crippen LogP contribution >= 0.6 is 0 Å². The lowest BCUT2D eigenvalue weighted by atomic mass is 9.87. The summed E-state index contributed by atoms with van der Waals surface area (Å²) in [6.07, 6.45) is 0. The number of ether oxygens (including phenoxy) is 2. The quantitative estimate of drug-likeness (QED) is 0.761. The predicted octanol–water partition coefficient (Wildman–Crippen LogP) is 3.22. The molecule has 0 spiro atoms. The van der Waals surface area contributed by atoms with Crippen molar-refractivity contribution in [2.45, 2.75) is 26.3 Å². The number of hydrogen-bond acceptors (Lipinski definition) is 4. The van der Waals surface area contributed by atoms with Crippen molar-refractivity contribution in [1.82, 2.24) is 10.2 Å². The molecule has 1 N–H and O–H groups in total. The van der Waals surface area contributed by atoms with Gasteiger partial charge in [0.1, 0.15) is 11.5 Å². The van der Waals surface area contributed by atoms with Crippen molar-refractivity contribution in [3.63, 3.8) is 0 Å². The van der Waals surface area contributed by atoms with Gasteiger partial charge in [-0.15, -0.1) is 0 Å². The van der Waals surface area contributed by atoms with Gasteiger partial charge < -0.3 is 19.7 Å². The lowest BCUT2D eigenvalue weighted by Gasteiger charge is -2.21. The Hall–Kier alpha value is -3.02. The summed E-state index contributed by atoms with van der Waals surface area (Å²) in [5.74, 6) is 0.747. The van der Waals surface area contributed by atoms with Gasteiger partial charge in [-0.2, -0.15) is 0 Å². The lowest BCUT2D eigenvalue weighted by molar-refractivity contribution is -0.133. The van der Waals surface area contributed by atoms with E-state index >= 15 is 0 Å². The van der Waals surface area contributed by atoms with Gasteiger partial charge in [0.25, 0.3) is 0 Å². The van der Waals surface area contributed by atoms with Crippen LogP contribution in [-0.2, 0) is 16.1 Å². The maximum Gasteiger partial charge on any atom is 0.225 e. The van der Waals surface area contributed by atoms with E-state index in [0.29, 0.717) is 31.1 Å². The highest BCUT2D eigenvalue weighted by atomic mass is 16.5. The number of nitrogens with one attached hydrogen (secondary N) is 1. The second-order valence-corrected chi connectivity index (χ2v) is 7.92. The van der Waals surface area contributed by atoms with E-state index in [-0.39, 0.29) is 29.6 Å². The number of amides is 2. The number of nitrogens with zero attached hydrogens (tertiary/aromatic N) is 1.